The first kappa shape index (κ1) is 14.1. The third kappa shape index (κ3) is 2.40. The van der Waals surface area contributed by atoms with Gasteiger partial charge in [-0.1, -0.05) is 44.5 Å². The smallest absolute Gasteiger partial charge is 0.0948 e. The fourth-order valence-corrected chi connectivity index (χ4v) is 4.27. The molecule has 0 aromatic heterocycles. The molecule has 4 unspecified atom stereocenters. The van der Waals surface area contributed by atoms with Crippen molar-refractivity contribution in [2.45, 2.75) is 70.1 Å². The van der Waals surface area contributed by atoms with Gasteiger partial charge in [-0.2, -0.15) is 0 Å². The largest absolute Gasteiger partial charge is 0.387 e. The average Bonchev–Trinajstić information content (AvgIpc) is 2.51. The Hall–Kier alpha value is -0.860. The molecule has 1 fully saturated rings. The van der Waals surface area contributed by atoms with Crippen LogP contribution in [0.5, 0.6) is 0 Å². The van der Waals surface area contributed by atoms with Crippen LogP contribution in [0.25, 0.3) is 0 Å². The molecule has 2 aliphatic rings. The highest BCUT2D eigenvalue weighted by molar-refractivity contribution is 5.35. The van der Waals surface area contributed by atoms with E-state index in [9.17, 15) is 5.11 Å². The lowest BCUT2D eigenvalue weighted by Gasteiger charge is -2.46. The van der Waals surface area contributed by atoms with E-state index in [-0.39, 0.29) is 6.10 Å². The lowest BCUT2D eigenvalue weighted by atomic mass is 9.77. The van der Waals surface area contributed by atoms with Crippen LogP contribution >= 0.6 is 0 Å². The average molecular weight is 273 g/mol. The number of hydrogen-bond donors (Lipinski definition) is 1. The molecule has 1 aliphatic carbocycles. The summed E-state index contributed by atoms with van der Waals surface area (Å²) in [5.74, 6) is 0.555. The number of nitrogens with zero attached hydrogens (tertiary/aromatic N) is 1. The van der Waals surface area contributed by atoms with Gasteiger partial charge in [-0.3, -0.25) is 4.90 Å². The molecule has 3 rings (SSSR count). The highest BCUT2D eigenvalue weighted by atomic mass is 16.3. The first-order valence-corrected chi connectivity index (χ1v) is 8.25. The summed E-state index contributed by atoms with van der Waals surface area (Å²) in [4.78, 5) is 2.61. The molecule has 110 valence electrons. The summed E-state index contributed by atoms with van der Waals surface area (Å²) >= 11 is 0. The van der Waals surface area contributed by atoms with Crippen LogP contribution < -0.4 is 0 Å². The maximum absolute atomic E-state index is 10.9. The summed E-state index contributed by atoms with van der Waals surface area (Å²) in [6, 6.07) is 9.44. The van der Waals surface area contributed by atoms with Crippen LogP contribution in [0.3, 0.4) is 0 Å². The first-order chi connectivity index (χ1) is 9.72. The van der Waals surface area contributed by atoms with E-state index in [1.54, 1.807) is 0 Å². The quantitative estimate of drug-likeness (QED) is 0.884. The standard InChI is InChI=1S/C18H27NO/c1-3-14-8-6-7-11-19(14)17-12-13(2)15-9-4-5-10-16(15)18(17)20/h4-5,9-10,13-14,17-18,20H,3,6-8,11-12H2,1-2H3. The van der Waals surface area contributed by atoms with Gasteiger partial charge in [0.25, 0.3) is 0 Å². The Bertz CT molecular complexity index is 458. The van der Waals surface area contributed by atoms with Crippen LogP contribution in [0, 0.1) is 0 Å². The SMILES string of the molecule is CCC1CCCCN1C1CC(C)c2ccccc2C1O. The van der Waals surface area contributed by atoms with Gasteiger partial charge >= 0.3 is 0 Å². The number of aliphatic hydroxyl groups is 1. The first-order valence-electron chi connectivity index (χ1n) is 8.25. The zero-order chi connectivity index (χ0) is 14.1. The van der Waals surface area contributed by atoms with Crippen LogP contribution in [0.15, 0.2) is 24.3 Å². The molecule has 2 heteroatoms. The molecule has 20 heavy (non-hydrogen) atoms. The van der Waals surface area contributed by atoms with E-state index in [0.717, 1.165) is 18.5 Å². The zero-order valence-corrected chi connectivity index (χ0v) is 12.8. The minimum Gasteiger partial charge on any atom is -0.387 e. The van der Waals surface area contributed by atoms with Gasteiger partial charge < -0.3 is 5.11 Å². The maximum atomic E-state index is 10.9. The van der Waals surface area contributed by atoms with Crippen LogP contribution in [0.4, 0.5) is 0 Å². The van der Waals surface area contributed by atoms with E-state index in [0.29, 0.717) is 18.0 Å². The van der Waals surface area contributed by atoms with Gasteiger partial charge in [0.15, 0.2) is 0 Å². The zero-order valence-electron chi connectivity index (χ0n) is 12.8. The van der Waals surface area contributed by atoms with Crippen molar-refractivity contribution in [2.24, 2.45) is 0 Å². The van der Waals surface area contributed by atoms with Crippen molar-refractivity contribution in [3.8, 4) is 0 Å². The van der Waals surface area contributed by atoms with Crippen LogP contribution in [0.2, 0.25) is 0 Å². The molecular formula is C18H27NO. The Morgan fingerprint density at radius 2 is 1.95 bits per heavy atom. The summed E-state index contributed by atoms with van der Waals surface area (Å²) in [5, 5.41) is 10.9. The predicted molar refractivity (Wildman–Crippen MR) is 82.9 cm³/mol. The molecule has 2 nitrogen and oxygen atoms in total. The normalized spacial score (nSPS) is 34.8. The van der Waals surface area contributed by atoms with Gasteiger partial charge in [-0.15, -0.1) is 0 Å². The highest BCUT2D eigenvalue weighted by Gasteiger charge is 2.38. The third-order valence-electron chi connectivity index (χ3n) is 5.37. The van der Waals surface area contributed by atoms with Gasteiger partial charge in [0.2, 0.25) is 0 Å². The van der Waals surface area contributed by atoms with Gasteiger partial charge in [0.1, 0.15) is 0 Å². The molecular weight excluding hydrogens is 246 g/mol. The van der Waals surface area contributed by atoms with Gasteiger partial charge in [-0.25, -0.2) is 0 Å². The van der Waals surface area contributed by atoms with E-state index in [1.165, 1.54) is 31.2 Å². The van der Waals surface area contributed by atoms with Gasteiger partial charge in [0, 0.05) is 12.1 Å². The Kier molecular flexibility index (Phi) is 4.13. The van der Waals surface area contributed by atoms with Crippen molar-refractivity contribution in [3.05, 3.63) is 35.4 Å². The van der Waals surface area contributed by atoms with E-state index in [1.807, 2.05) is 0 Å². The number of hydrogen-bond acceptors (Lipinski definition) is 2. The number of rotatable bonds is 2. The lowest BCUT2D eigenvalue weighted by Crippen LogP contribution is -2.50. The molecule has 0 spiro atoms. The monoisotopic (exact) mass is 273 g/mol. The number of likely N-dealkylation sites (tertiary alicyclic amines) is 1. The minimum atomic E-state index is -0.311. The van der Waals surface area contributed by atoms with Crippen LogP contribution in [-0.4, -0.2) is 28.6 Å². The number of piperidine rings is 1. The number of aliphatic hydroxyl groups excluding tert-OH is 1. The predicted octanol–water partition coefficient (Wildman–Crippen LogP) is 3.86. The Morgan fingerprint density at radius 3 is 2.70 bits per heavy atom. The van der Waals surface area contributed by atoms with E-state index in [2.05, 4.69) is 43.0 Å². The molecule has 0 amide bonds. The Morgan fingerprint density at radius 1 is 1.20 bits per heavy atom. The van der Waals surface area contributed by atoms with Crippen LogP contribution in [-0.2, 0) is 0 Å². The summed E-state index contributed by atoms with van der Waals surface area (Å²) in [6.45, 7) is 5.76. The van der Waals surface area contributed by atoms with Crippen molar-refractivity contribution < 1.29 is 5.11 Å². The number of fused-ring (bicyclic) bond motifs is 1. The molecule has 1 N–H and O–H groups in total. The van der Waals surface area contributed by atoms with Crippen molar-refractivity contribution in [1.82, 2.24) is 4.90 Å². The van der Waals surface area contributed by atoms with Gasteiger partial charge in [-0.05, 0) is 49.3 Å². The minimum absolute atomic E-state index is 0.310. The third-order valence-corrected chi connectivity index (χ3v) is 5.37. The van der Waals surface area contributed by atoms with Crippen LogP contribution in [0.1, 0.15) is 69.1 Å². The second-order valence-corrected chi connectivity index (χ2v) is 6.57. The molecule has 1 aromatic carbocycles. The van der Waals surface area contributed by atoms with Crippen molar-refractivity contribution in [1.29, 1.82) is 0 Å². The Balaban J connectivity index is 1.88. The second kappa shape index (κ2) is 5.87. The second-order valence-electron chi connectivity index (χ2n) is 6.57. The van der Waals surface area contributed by atoms with Crippen molar-refractivity contribution >= 4 is 0 Å². The topological polar surface area (TPSA) is 23.5 Å². The molecule has 1 heterocycles. The van der Waals surface area contributed by atoms with E-state index < -0.39 is 0 Å². The highest BCUT2D eigenvalue weighted by Crippen LogP contribution is 2.41. The Labute approximate surface area is 122 Å². The molecule has 0 bridgehead atoms. The lowest BCUT2D eigenvalue weighted by molar-refractivity contribution is -0.00812. The molecule has 1 aliphatic heterocycles. The van der Waals surface area contributed by atoms with E-state index in [4.69, 9.17) is 0 Å². The molecule has 4 atom stereocenters. The maximum Gasteiger partial charge on any atom is 0.0948 e. The molecule has 1 aromatic rings. The fraction of sp³-hybridized carbons (Fsp3) is 0.667. The van der Waals surface area contributed by atoms with Crippen molar-refractivity contribution in [2.75, 3.05) is 6.54 Å². The molecule has 1 saturated heterocycles. The number of benzene rings is 1. The molecule has 0 saturated carbocycles. The summed E-state index contributed by atoms with van der Waals surface area (Å²) < 4.78 is 0. The summed E-state index contributed by atoms with van der Waals surface area (Å²) in [6.07, 6.45) is 5.93. The molecule has 0 radical (unpaired) electrons. The van der Waals surface area contributed by atoms with Crippen molar-refractivity contribution in [3.63, 3.8) is 0 Å². The van der Waals surface area contributed by atoms with E-state index >= 15 is 0 Å². The fourth-order valence-electron chi connectivity index (χ4n) is 4.27. The summed E-state index contributed by atoms with van der Waals surface area (Å²) in [7, 11) is 0. The van der Waals surface area contributed by atoms with Gasteiger partial charge in [0.05, 0.1) is 6.10 Å². The summed E-state index contributed by atoms with van der Waals surface area (Å²) in [5.41, 5.74) is 2.51.